The summed E-state index contributed by atoms with van der Waals surface area (Å²) in [5.74, 6) is -0.283. The molecule has 1 aliphatic rings. The van der Waals surface area contributed by atoms with Crippen LogP contribution in [0.3, 0.4) is 0 Å². The molecule has 2 N–H and O–H groups in total. The van der Waals surface area contributed by atoms with Gasteiger partial charge in [-0.15, -0.1) is 0 Å². The van der Waals surface area contributed by atoms with Crippen molar-refractivity contribution in [2.24, 2.45) is 0 Å². The third-order valence-corrected chi connectivity index (χ3v) is 4.56. The second-order valence-corrected chi connectivity index (χ2v) is 6.15. The largest absolute Gasteiger partial charge is 0.327 e. The lowest BCUT2D eigenvalue weighted by molar-refractivity contribution is -0.119. The summed E-state index contributed by atoms with van der Waals surface area (Å²) in [6, 6.07) is 14.4. The lowest BCUT2D eigenvalue weighted by Crippen LogP contribution is -2.43. The van der Waals surface area contributed by atoms with E-state index in [-0.39, 0.29) is 11.8 Å². The zero-order valence-electron chi connectivity index (χ0n) is 13.6. The number of aromatic nitrogens is 2. The Balaban J connectivity index is 1.58. The van der Waals surface area contributed by atoms with Crippen LogP contribution in [0.25, 0.3) is 10.9 Å². The number of H-pyrrole nitrogens is 1. The summed E-state index contributed by atoms with van der Waals surface area (Å²) in [5, 5.41) is 10.7. The normalized spacial score (nSPS) is 17.0. The van der Waals surface area contributed by atoms with Gasteiger partial charge < -0.3 is 10.2 Å². The van der Waals surface area contributed by atoms with Crippen LogP contribution in [0.2, 0.25) is 0 Å². The van der Waals surface area contributed by atoms with Crippen LogP contribution < -0.4 is 5.32 Å². The zero-order chi connectivity index (χ0) is 17.2. The number of likely N-dealkylation sites (tertiary alicyclic amines) is 1. The molecule has 126 valence electrons. The number of carbonyl (C=O) groups is 2. The first-order valence-electron chi connectivity index (χ1n) is 8.33. The summed E-state index contributed by atoms with van der Waals surface area (Å²) in [6.07, 6.45) is 3.18. The van der Waals surface area contributed by atoms with Crippen LogP contribution in [0.15, 0.2) is 54.7 Å². The van der Waals surface area contributed by atoms with Crippen LogP contribution in [-0.4, -0.2) is 39.5 Å². The first kappa shape index (κ1) is 15.4. The molecule has 4 rings (SSSR count). The third kappa shape index (κ3) is 2.87. The number of para-hydroxylation sites is 2. The summed E-state index contributed by atoms with van der Waals surface area (Å²) in [5.41, 5.74) is 2.00. The molecule has 2 amide bonds. The van der Waals surface area contributed by atoms with E-state index in [1.807, 2.05) is 42.5 Å². The Morgan fingerprint density at radius 1 is 1.12 bits per heavy atom. The molecule has 1 aromatic heterocycles. The lowest BCUT2D eigenvalue weighted by Gasteiger charge is -2.24. The highest BCUT2D eigenvalue weighted by Crippen LogP contribution is 2.24. The number of benzene rings is 2. The Bertz CT molecular complexity index is 919. The van der Waals surface area contributed by atoms with E-state index >= 15 is 0 Å². The van der Waals surface area contributed by atoms with Gasteiger partial charge in [0.2, 0.25) is 5.91 Å². The smallest absolute Gasteiger partial charge is 0.256 e. The van der Waals surface area contributed by atoms with Gasteiger partial charge in [-0.3, -0.25) is 14.7 Å². The molecule has 0 saturated carbocycles. The number of fused-ring (bicyclic) bond motifs is 1. The maximum absolute atomic E-state index is 13.0. The van der Waals surface area contributed by atoms with Crippen molar-refractivity contribution in [1.29, 1.82) is 0 Å². The number of amides is 2. The topological polar surface area (TPSA) is 78.1 Å². The van der Waals surface area contributed by atoms with E-state index < -0.39 is 6.04 Å². The fourth-order valence-corrected chi connectivity index (χ4v) is 3.33. The summed E-state index contributed by atoms with van der Waals surface area (Å²) in [4.78, 5) is 27.3. The highest BCUT2D eigenvalue weighted by molar-refractivity contribution is 6.07. The minimum atomic E-state index is -0.453. The van der Waals surface area contributed by atoms with Gasteiger partial charge in [-0.2, -0.15) is 5.10 Å². The molecular weight excluding hydrogens is 316 g/mol. The van der Waals surface area contributed by atoms with Gasteiger partial charge in [0.15, 0.2) is 0 Å². The van der Waals surface area contributed by atoms with Gasteiger partial charge in [-0.25, -0.2) is 0 Å². The highest BCUT2D eigenvalue weighted by atomic mass is 16.2. The molecule has 0 unspecified atom stereocenters. The van der Waals surface area contributed by atoms with Crippen molar-refractivity contribution in [1.82, 2.24) is 15.1 Å². The fourth-order valence-electron chi connectivity index (χ4n) is 3.33. The van der Waals surface area contributed by atoms with Gasteiger partial charge in [0.05, 0.1) is 17.3 Å². The van der Waals surface area contributed by atoms with Crippen LogP contribution in [0.5, 0.6) is 0 Å². The number of nitrogens with one attached hydrogen (secondary N) is 2. The molecule has 6 heteroatoms. The van der Waals surface area contributed by atoms with Crippen molar-refractivity contribution in [3.8, 4) is 0 Å². The van der Waals surface area contributed by atoms with E-state index in [1.165, 1.54) is 0 Å². The number of aromatic amines is 1. The van der Waals surface area contributed by atoms with Crippen molar-refractivity contribution in [3.63, 3.8) is 0 Å². The molecule has 6 nitrogen and oxygen atoms in total. The number of anilines is 1. The predicted octanol–water partition coefficient (Wildman–Crippen LogP) is 2.81. The molecule has 2 aromatic carbocycles. The van der Waals surface area contributed by atoms with Crippen LogP contribution in [-0.2, 0) is 4.79 Å². The van der Waals surface area contributed by atoms with Crippen molar-refractivity contribution in [3.05, 3.63) is 60.3 Å². The molecule has 2 heterocycles. The quantitative estimate of drug-likeness (QED) is 0.773. The third-order valence-electron chi connectivity index (χ3n) is 4.56. The molecule has 1 saturated heterocycles. The van der Waals surface area contributed by atoms with E-state index in [2.05, 4.69) is 15.5 Å². The Hall–Kier alpha value is -3.15. The van der Waals surface area contributed by atoms with Gasteiger partial charge in [-0.1, -0.05) is 30.3 Å². The van der Waals surface area contributed by atoms with E-state index in [0.717, 1.165) is 17.5 Å². The number of hydrogen-bond donors (Lipinski definition) is 2. The highest BCUT2D eigenvalue weighted by Gasteiger charge is 2.35. The number of hydrogen-bond acceptors (Lipinski definition) is 3. The van der Waals surface area contributed by atoms with E-state index in [0.29, 0.717) is 24.0 Å². The Morgan fingerprint density at radius 3 is 2.80 bits per heavy atom. The van der Waals surface area contributed by atoms with E-state index in [4.69, 9.17) is 0 Å². The molecule has 1 atom stereocenters. The van der Waals surface area contributed by atoms with Crippen molar-refractivity contribution < 1.29 is 9.59 Å². The average molecular weight is 334 g/mol. The maximum Gasteiger partial charge on any atom is 0.256 e. The van der Waals surface area contributed by atoms with E-state index in [9.17, 15) is 9.59 Å². The van der Waals surface area contributed by atoms with Gasteiger partial charge >= 0.3 is 0 Å². The molecule has 0 aliphatic carbocycles. The minimum absolute atomic E-state index is 0.138. The van der Waals surface area contributed by atoms with Gasteiger partial charge in [0, 0.05) is 17.6 Å². The fraction of sp³-hybridized carbons (Fsp3) is 0.211. The molecule has 0 bridgehead atoms. The standard InChI is InChI=1S/C19H18N4O2/c24-18(21-14-7-2-1-3-8-14)16-10-5-11-23(16)19(25)15-9-4-6-13-12-20-22-17(13)15/h1-4,6-9,12,16H,5,10-11H2,(H,20,22)(H,21,24)/t16-/m1/s1. The molecule has 0 radical (unpaired) electrons. The summed E-state index contributed by atoms with van der Waals surface area (Å²) in [7, 11) is 0. The SMILES string of the molecule is O=C(Nc1ccccc1)[C@H]1CCCN1C(=O)c1cccc2cn[nH]c12. The maximum atomic E-state index is 13.0. The van der Waals surface area contributed by atoms with Crippen LogP contribution >= 0.6 is 0 Å². The van der Waals surface area contributed by atoms with Crippen LogP contribution in [0.4, 0.5) is 5.69 Å². The summed E-state index contributed by atoms with van der Waals surface area (Å²) >= 11 is 0. The molecular formula is C19H18N4O2. The van der Waals surface area contributed by atoms with Crippen LogP contribution in [0, 0.1) is 0 Å². The van der Waals surface area contributed by atoms with Crippen molar-refractivity contribution >= 4 is 28.4 Å². The predicted molar refractivity (Wildman–Crippen MR) is 95.2 cm³/mol. The molecule has 3 aromatic rings. The van der Waals surface area contributed by atoms with Gasteiger partial charge in [0.1, 0.15) is 6.04 Å². The lowest BCUT2D eigenvalue weighted by atomic mass is 10.1. The number of nitrogens with zero attached hydrogens (tertiary/aromatic N) is 2. The molecule has 1 fully saturated rings. The van der Waals surface area contributed by atoms with Gasteiger partial charge in [-0.05, 0) is 31.0 Å². The van der Waals surface area contributed by atoms with Crippen molar-refractivity contribution in [2.75, 3.05) is 11.9 Å². The van der Waals surface area contributed by atoms with Crippen molar-refractivity contribution in [2.45, 2.75) is 18.9 Å². The summed E-state index contributed by atoms with van der Waals surface area (Å²) < 4.78 is 0. The molecule has 0 spiro atoms. The zero-order valence-corrected chi connectivity index (χ0v) is 13.6. The Morgan fingerprint density at radius 2 is 1.96 bits per heavy atom. The molecule has 1 aliphatic heterocycles. The Labute approximate surface area is 144 Å². The van der Waals surface area contributed by atoms with E-state index in [1.54, 1.807) is 17.2 Å². The first-order valence-corrected chi connectivity index (χ1v) is 8.33. The number of carbonyl (C=O) groups excluding carboxylic acids is 2. The summed E-state index contributed by atoms with van der Waals surface area (Å²) in [6.45, 7) is 0.580. The molecule has 25 heavy (non-hydrogen) atoms. The monoisotopic (exact) mass is 334 g/mol. The number of rotatable bonds is 3. The van der Waals surface area contributed by atoms with Gasteiger partial charge in [0.25, 0.3) is 5.91 Å². The second kappa shape index (κ2) is 6.39. The average Bonchev–Trinajstić information content (AvgIpc) is 3.31. The Kier molecular flexibility index (Phi) is 3.93. The minimum Gasteiger partial charge on any atom is -0.327 e. The second-order valence-electron chi connectivity index (χ2n) is 6.15. The first-order chi connectivity index (χ1) is 12.2. The van der Waals surface area contributed by atoms with Crippen LogP contribution in [0.1, 0.15) is 23.2 Å².